The van der Waals surface area contributed by atoms with Gasteiger partial charge >= 0.3 is 0 Å². The van der Waals surface area contributed by atoms with Crippen LogP contribution in [-0.2, 0) is 13.0 Å². The average Bonchev–Trinajstić information content (AvgIpc) is 3.23. The number of rotatable bonds is 8. The predicted octanol–water partition coefficient (Wildman–Crippen LogP) is 5.34. The molecule has 0 aromatic carbocycles. The number of anilines is 1. The molecule has 27 heavy (non-hydrogen) atoms. The zero-order chi connectivity index (χ0) is 18.8. The molecule has 2 N–H and O–H groups in total. The molecule has 5 nitrogen and oxygen atoms in total. The highest BCUT2D eigenvalue weighted by Crippen LogP contribution is 2.40. The van der Waals surface area contributed by atoms with Crippen LogP contribution in [0.2, 0.25) is 5.28 Å². The number of halogens is 1. The number of hydrogen-bond donors (Lipinski definition) is 2. The van der Waals surface area contributed by atoms with E-state index in [1.165, 1.54) is 29.0 Å². The molecule has 1 aliphatic carbocycles. The largest absolute Gasteiger partial charge is 0.467 e. The number of nitrogens with zero attached hydrogens (tertiary/aromatic N) is 2. The molecule has 0 saturated heterocycles. The second kappa shape index (κ2) is 8.39. The van der Waals surface area contributed by atoms with Crippen molar-refractivity contribution in [2.75, 3.05) is 11.6 Å². The number of fused-ring (bicyclic) bond motifs is 1. The number of furan rings is 1. The normalized spacial score (nSPS) is 15.8. The van der Waals surface area contributed by atoms with Gasteiger partial charge in [0.05, 0.1) is 17.5 Å². The highest BCUT2D eigenvalue weighted by molar-refractivity contribution is 7.99. The van der Waals surface area contributed by atoms with Crippen LogP contribution in [0.1, 0.15) is 36.8 Å². The second-order valence-corrected chi connectivity index (χ2v) is 9.17. The monoisotopic (exact) mass is 422 g/mol. The Labute approximate surface area is 172 Å². The van der Waals surface area contributed by atoms with Gasteiger partial charge in [0.2, 0.25) is 5.28 Å². The van der Waals surface area contributed by atoms with Crippen molar-refractivity contribution in [1.29, 1.82) is 0 Å². The fraction of sp³-hybridized carbons (Fsp3) is 0.474. The first-order valence-corrected chi connectivity index (χ1v) is 11.6. The lowest BCUT2D eigenvalue weighted by molar-refractivity contribution is 0.310. The second-order valence-electron chi connectivity index (χ2n) is 6.91. The molecule has 0 aliphatic heterocycles. The van der Waals surface area contributed by atoms with Gasteiger partial charge in [-0.05, 0) is 56.2 Å². The number of nitrogens with one attached hydrogen (secondary N) is 2. The van der Waals surface area contributed by atoms with Crippen molar-refractivity contribution < 1.29 is 4.42 Å². The molecule has 1 aliphatic rings. The molecule has 1 unspecified atom stereocenters. The van der Waals surface area contributed by atoms with Crippen LogP contribution in [-0.4, -0.2) is 28.3 Å². The summed E-state index contributed by atoms with van der Waals surface area (Å²) in [5.41, 5.74) is 0.945. The number of thioether (sulfide) groups is 1. The van der Waals surface area contributed by atoms with E-state index in [4.69, 9.17) is 16.0 Å². The van der Waals surface area contributed by atoms with Gasteiger partial charge in [-0.25, -0.2) is 4.98 Å². The van der Waals surface area contributed by atoms with Gasteiger partial charge in [0.15, 0.2) is 0 Å². The molecule has 4 rings (SSSR count). The van der Waals surface area contributed by atoms with Gasteiger partial charge < -0.3 is 15.1 Å². The smallest absolute Gasteiger partial charge is 0.225 e. The molecule has 1 fully saturated rings. The first-order chi connectivity index (χ1) is 13.1. The van der Waals surface area contributed by atoms with Crippen LogP contribution in [0.25, 0.3) is 10.2 Å². The van der Waals surface area contributed by atoms with Gasteiger partial charge in [-0.3, -0.25) is 0 Å². The lowest BCUT2D eigenvalue weighted by Crippen LogP contribution is -2.41. The van der Waals surface area contributed by atoms with Crippen LogP contribution in [0.5, 0.6) is 0 Å². The van der Waals surface area contributed by atoms with Gasteiger partial charge in [-0.15, -0.1) is 23.1 Å². The Balaban J connectivity index is 1.60. The summed E-state index contributed by atoms with van der Waals surface area (Å²) in [5, 5.41) is 7.36. The van der Waals surface area contributed by atoms with E-state index < -0.39 is 0 Å². The van der Waals surface area contributed by atoms with Crippen molar-refractivity contribution in [3.8, 4) is 0 Å². The Hall–Kier alpha value is -1.28. The predicted molar refractivity (Wildman–Crippen MR) is 114 cm³/mol. The summed E-state index contributed by atoms with van der Waals surface area (Å²) in [7, 11) is 0. The fourth-order valence-electron chi connectivity index (χ4n) is 3.34. The van der Waals surface area contributed by atoms with Gasteiger partial charge in [-0.2, -0.15) is 4.98 Å². The lowest BCUT2D eigenvalue weighted by atomic mass is 9.92. The van der Waals surface area contributed by atoms with E-state index in [-0.39, 0.29) is 5.28 Å². The van der Waals surface area contributed by atoms with Crippen LogP contribution in [0.4, 0.5) is 5.82 Å². The minimum absolute atomic E-state index is 0.268. The first kappa shape index (κ1) is 19.1. The lowest BCUT2D eigenvalue weighted by Gasteiger charge is -2.30. The van der Waals surface area contributed by atoms with Crippen LogP contribution in [0.15, 0.2) is 27.7 Å². The third-order valence-corrected chi connectivity index (χ3v) is 7.22. The molecular formula is C19H23ClN4OS2. The highest BCUT2D eigenvalue weighted by atomic mass is 35.5. The molecule has 0 spiro atoms. The van der Waals surface area contributed by atoms with E-state index in [0.29, 0.717) is 18.6 Å². The van der Waals surface area contributed by atoms with Crippen molar-refractivity contribution in [3.63, 3.8) is 0 Å². The first-order valence-electron chi connectivity index (χ1n) is 9.19. The third-order valence-electron chi connectivity index (χ3n) is 4.86. The van der Waals surface area contributed by atoms with Gasteiger partial charge in [-0.1, -0.05) is 6.42 Å². The molecular weight excluding hydrogens is 400 g/mol. The van der Waals surface area contributed by atoms with Crippen LogP contribution >= 0.6 is 34.7 Å². The number of thiophene rings is 1. The Morgan fingerprint density at radius 3 is 2.93 bits per heavy atom. The third kappa shape index (κ3) is 4.26. The molecule has 1 atom stereocenters. The molecule has 3 aromatic rings. The summed E-state index contributed by atoms with van der Waals surface area (Å²) in [6.45, 7) is 2.83. The van der Waals surface area contributed by atoms with Crippen LogP contribution < -0.4 is 10.6 Å². The van der Waals surface area contributed by atoms with Crippen molar-refractivity contribution in [2.45, 2.75) is 56.1 Å². The summed E-state index contributed by atoms with van der Waals surface area (Å²) < 4.78 is 6.46. The van der Waals surface area contributed by atoms with Crippen molar-refractivity contribution in [1.82, 2.24) is 15.3 Å². The maximum atomic E-state index is 6.22. The summed E-state index contributed by atoms with van der Waals surface area (Å²) >= 11 is 9.72. The molecule has 8 heteroatoms. The summed E-state index contributed by atoms with van der Waals surface area (Å²) in [6.07, 6.45) is 8.71. The highest BCUT2D eigenvalue weighted by Gasteiger charge is 2.22. The van der Waals surface area contributed by atoms with Gasteiger partial charge in [0, 0.05) is 21.9 Å². The Morgan fingerprint density at radius 1 is 1.41 bits per heavy atom. The van der Waals surface area contributed by atoms with Crippen molar-refractivity contribution in [2.24, 2.45) is 0 Å². The van der Waals surface area contributed by atoms with E-state index in [0.717, 1.165) is 28.2 Å². The van der Waals surface area contributed by atoms with E-state index in [2.05, 4.69) is 33.8 Å². The quantitative estimate of drug-likeness (QED) is 0.377. The number of hydrogen-bond acceptors (Lipinski definition) is 7. The van der Waals surface area contributed by atoms with E-state index in [1.54, 1.807) is 29.4 Å². The zero-order valence-corrected chi connectivity index (χ0v) is 17.8. The SMILES string of the molecule is CSc1c(CC(C)NC2CCC2)sc2c(NCc3ccco3)nc(Cl)nc12. The molecule has 144 valence electrons. The summed E-state index contributed by atoms with van der Waals surface area (Å²) in [6, 6.07) is 4.95. The zero-order valence-electron chi connectivity index (χ0n) is 15.4. The standard InChI is InChI=1S/C19H23ClN4OS2/c1-11(22-12-5-3-6-12)9-14-16(26-2)15-17(27-14)18(24-19(20)23-15)21-10-13-7-4-8-25-13/h4,7-8,11-12,22H,3,5-6,9-10H2,1-2H3,(H,21,23,24). The fourth-order valence-corrected chi connectivity index (χ4v) is 5.83. The Morgan fingerprint density at radius 2 is 2.26 bits per heavy atom. The number of aromatic nitrogens is 2. The van der Waals surface area contributed by atoms with Crippen LogP contribution in [0.3, 0.4) is 0 Å². The topological polar surface area (TPSA) is 63.0 Å². The minimum Gasteiger partial charge on any atom is -0.467 e. The maximum absolute atomic E-state index is 6.22. The average molecular weight is 423 g/mol. The Kier molecular flexibility index (Phi) is 5.92. The maximum Gasteiger partial charge on any atom is 0.225 e. The minimum atomic E-state index is 0.268. The Bertz CT molecular complexity index is 908. The molecule has 0 amide bonds. The molecule has 1 saturated carbocycles. The van der Waals surface area contributed by atoms with E-state index in [1.807, 2.05) is 12.1 Å². The van der Waals surface area contributed by atoms with E-state index in [9.17, 15) is 0 Å². The summed E-state index contributed by atoms with van der Waals surface area (Å²) in [4.78, 5) is 11.5. The van der Waals surface area contributed by atoms with Crippen molar-refractivity contribution >= 4 is 50.7 Å². The van der Waals surface area contributed by atoms with Gasteiger partial charge in [0.25, 0.3) is 0 Å². The van der Waals surface area contributed by atoms with E-state index >= 15 is 0 Å². The summed E-state index contributed by atoms with van der Waals surface area (Å²) in [5.74, 6) is 1.63. The molecule has 3 aromatic heterocycles. The molecule has 0 bridgehead atoms. The molecule has 0 radical (unpaired) electrons. The van der Waals surface area contributed by atoms with Crippen LogP contribution in [0, 0.1) is 0 Å². The van der Waals surface area contributed by atoms with Gasteiger partial charge in [0.1, 0.15) is 17.1 Å². The van der Waals surface area contributed by atoms with Crippen molar-refractivity contribution in [3.05, 3.63) is 34.3 Å². The molecule has 3 heterocycles.